The lowest BCUT2D eigenvalue weighted by atomic mass is 10.2. The highest BCUT2D eigenvalue weighted by Gasteiger charge is 2.18. The molecule has 1 N–H and O–H groups in total. The number of hydrogen-bond acceptors (Lipinski definition) is 3. The SMILES string of the molecule is CCCC1=N/C(=C\c2ccc(OC)cc2)C(=O)N1. The van der Waals surface area contributed by atoms with Crippen molar-refractivity contribution in [2.24, 2.45) is 4.99 Å². The maximum atomic E-state index is 11.7. The largest absolute Gasteiger partial charge is 0.497 e. The molecule has 18 heavy (non-hydrogen) atoms. The standard InChI is InChI=1S/C14H16N2O2/c1-3-4-13-15-12(14(17)16-13)9-10-5-7-11(18-2)8-6-10/h5-9H,3-4H2,1-2H3,(H,15,16,17)/b12-9-. The minimum atomic E-state index is -0.130. The molecule has 0 radical (unpaired) electrons. The molecule has 0 unspecified atom stereocenters. The highest BCUT2D eigenvalue weighted by Crippen LogP contribution is 2.16. The van der Waals surface area contributed by atoms with Crippen LogP contribution in [0.4, 0.5) is 0 Å². The van der Waals surface area contributed by atoms with Crippen LogP contribution < -0.4 is 10.1 Å². The molecule has 0 saturated carbocycles. The Morgan fingerprint density at radius 3 is 2.67 bits per heavy atom. The van der Waals surface area contributed by atoms with E-state index in [4.69, 9.17) is 4.74 Å². The van der Waals surface area contributed by atoms with E-state index >= 15 is 0 Å². The molecular formula is C14H16N2O2. The maximum Gasteiger partial charge on any atom is 0.275 e. The summed E-state index contributed by atoms with van der Waals surface area (Å²) in [4.78, 5) is 16.0. The number of nitrogens with one attached hydrogen (secondary N) is 1. The van der Waals surface area contributed by atoms with Crippen LogP contribution in [0.5, 0.6) is 5.75 Å². The van der Waals surface area contributed by atoms with E-state index in [0.29, 0.717) is 5.70 Å². The van der Waals surface area contributed by atoms with E-state index in [9.17, 15) is 4.79 Å². The third-order valence-corrected chi connectivity index (χ3v) is 2.65. The summed E-state index contributed by atoms with van der Waals surface area (Å²) in [7, 11) is 1.62. The number of carbonyl (C=O) groups is 1. The lowest BCUT2D eigenvalue weighted by Gasteiger charge is -1.99. The van der Waals surface area contributed by atoms with E-state index in [-0.39, 0.29) is 5.91 Å². The van der Waals surface area contributed by atoms with Crippen molar-refractivity contribution in [1.82, 2.24) is 5.32 Å². The van der Waals surface area contributed by atoms with Crippen molar-refractivity contribution >= 4 is 17.8 Å². The first kappa shape index (κ1) is 12.4. The number of rotatable bonds is 4. The van der Waals surface area contributed by atoms with Gasteiger partial charge in [0.25, 0.3) is 5.91 Å². The third-order valence-electron chi connectivity index (χ3n) is 2.65. The second kappa shape index (κ2) is 5.49. The summed E-state index contributed by atoms with van der Waals surface area (Å²) in [6.07, 6.45) is 3.54. The summed E-state index contributed by atoms with van der Waals surface area (Å²) in [5, 5.41) is 2.77. The summed E-state index contributed by atoms with van der Waals surface area (Å²) in [6, 6.07) is 7.50. The van der Waals surface area contributed by atoms with Crippen molar-refractivity contribution in [3.8, 4) is 5.75 Å². The van der Waals surface area contributed by atoms with Crippen molar-refractivity contribution < 1.29 is 9.53 Å². The van der Waals surface area contributed by atoms with E-state index < -0.39 is 0 Å². The number of benzene rings is 1. The molecule has 0 bridgehead atoms. The molecule has 0 fully saturated rings. The van der Waals surface area contributed by atoms with Crippen LogP contribution in [0.1, 0.15) is 25.3 Å². The second-order valence-electron chi connectivity index (χ2n) is 4.07. The molecule has 4 nitrogen and oxygen atoms in total. The third kappa shape index (κ3) is 2.77. The average molecular weight is 244 g/mol. The van der Waals surface area contributed by atoms with E-state index in [0.717, 1.165) is 30.0 Å². The van der Waals surface area contributed by atoms with Crippen molar-refractivity contribution in [2.75, 3.05) is 7.11 Å². The first-order chi connectivity index (χ1) is 8.72. The maximum absolute atomic E-state index is 11.7. The van der Waals surface area contributed by atoms with Crippen LogP contribution in [0.25, 0.3) is 6.08 Å². The van der Waals surface area contributed by atoms with Gasteiger partial charge >= 0.3 is 0 Å². The highest BCUT2D eigenvalue weighted by atomic mass is 16.5. The predicted octanol–water partition coefficient (Wildman–Crippen LogP) is 2.36. The molecular weight excluding hydrogens is 228 g/mol. The van der Waals surface area contributed by atoms with Crippen LogP contribution in [0.3, 0.4) is 0 Å². The highest BCUT2D eigenvalue weighted by molar-refractivity contribution is 6.14. The Bertz CT molecular complexity index is 501. The summed E-state index contributed by atoms with van der Waals surface area (Å²) in [5.41, 5.74) is 1.39. The number of methoxy groups -OCH3 is 1. The van der Waals surface area contributed by atoms with Gasteiger partial charge in [0, 0.05) is 6.42 Å². The van der Waals surface area contributed by atoms with Gasteiger partial charge in [0.2, 0.25) is 0 Å². The molecule has 4 heteroatoms. The molecule has 0 aliphatic carbocycles. The predicted molar refractivity (Wildman–Crippen MR) is 71.5 cm³/mol. The van der Waals surface area contributed by atoms with Gasteiger partial charge in [0.1, 0.15) is 17.3 Å². The molecule has 1 heterocycles. The fourth-order valence-electron chi connectivity index (χ4n) is 1.73. The van der Waals surface area contributed by atoms with Crippen LogP contribution in [-0.4, -0.2) is 18.9 Å². The van der Waals surface area contributed by atoms with Crippen LogP contribution in [0.15, 0.2) is 35.0 Å². The molecule has 1 aromatic carbocycles. The Kier molecular flexibility index (Phi) is 3.77. The second-order valence-corrected chi connectivity index (χ2v) is 4.07. The van der Waals surface area contributed by atoms with Crippen LogP contribution in [0.2, 0.25) is 0 Å². The Labute approximate surface area is 106 Å². The first-order valence-electron chi connectivity index (χ1n) is 5.97. The zero-order chi connectivity index (χ0) is 13.0. The van der Waals surface area contributed by atoms with Crippen molar-refractivity contribution in [2.45, 2.75) is 19.8 Å². The molecule has 0 saturated heterocycles. The van der Waals surface area contributed by atoms with Gasteiger partial charge in [-0.1, -0.05) is 19.1 Å². The van der Waals surface area contributed by atoms with Gasteiger partial charge in [-0.3, -0.25) is 4.79 Å². The number of amides is 1. The van der Waals surface area contributed by atoms with Crippen molar-refractivity contribution in [3.63, 3.8) is 0 Å². The number of hydrogen-bond donors (Lipinski definition) is 1. The summed E-state index contributed by atoms with van der Waals surface area (Å²) in [6.45, 7) is 2.06. The van der Waals surface area contributed by atoms with Gasteiger partial charge in [0.15, 0.2) is 0 Å². The van der Waals surface area contributed by atoms with E-state index in [1.807, 2.05) is 24.3 Å². The number of amidine groups is 1. The molecule has 0 spiro atoms. The fourth-order valence-corrected chi connectivity index (χ4v) is 1.73. The van der Waals surface area contributed by atoms with Crippen molar-refractivity contribution in [3.05, 3.63) is 35.5 Å². The molecule has 1 aliphatic heterocycles. The van der Waals surface area contributed by atoms with Gasteiger partial charge in [-0.25, -0.2) is 4.99 Å². The molecule has 0 atom stereocenters. The topological polar surface area (TPSA) is 50.7 Å². The quantitative estimate of drug-likeness (QED) is 0.827. The summed E-state index contributed by atoms with van der Waals surface area (Å²) in [5.74, 6) is 1.42. The van der Waals surface area contributed by atoms with Crippen LogP contribution >= 0.6 is 0 Å². The lowest BCUT2D eigenvalue weighted by Crippen LogP contribution is -2.23. The minimum absolute atomic E-state index is 0.130. The zero-order valence-electron chi connectivity index (χ0n) is 10.6. The van der Waals surface area contributed by atoms with E-state index in [1.54, 1.807) is 13.2 Å². The van der Waals surface area contributed by atoms with Gasteiger partial charge in [-0.05, 0) is 30.2 Å². The van der Waals surface area contributed by atoms with Crippen LogP contribution in [0, 0.1) is 0 Å². The Morgan fingerprint density at radius 1 is 1.33 bits per heavy atom. The Hall–Kier alpha value is -2.10. The molecule has 2 rings (SSSR count). The molecule has 1 aromatic rings. The molecule has 94 valence electrons. The van der Waals surface area contributed by atoms with Gasteiger partial charge in [0.05, 0.1) is 7.11 Å². The van der Waals surface area contributed by atoms with Crippen LogP contribution in [-0.2, 0) is 4.79 Å². The van der Waals surface area contributed by atoms with Crippen molar-refractivity contribution in [1.29, 1.82) is 0 Å². The average Bonchev–Trinajstić information content (AvgIpc) is 2.71. The number of carbonyl (C=O) groups excluding carboxylic acids is 1. The van der Waals surface area contributed by atoms with Gasteiger partial charge in [-0.15, -0.1) is 0 Å². The number of ether oxygens (including phenoxy) is 1. The number of aliphatic imine (C=N–C) groups is 1. The van der Waals surface area contributed by atoms with E-state index in [2.05, 4.69) is 17.2 Å². The molecule has 1 amide bonds. The minimum Gasteiger partial charge on any atom is -0.497 e. The first-order valence-corrected chi connectivity index (χ1v) is 5.97. The smallest absolute Gasteiger partial charge is 0.275 e. The monoisotopic (exact) mass is 244 g/mol. The molecule has 0 aromatic heterocycles. The summed E-state index contributed by atoms with van der Waals surface area (Å²) >= 11 is 0. The normalized spacial score (nSPS) is 16.7. The van der Waals surface area contributed by atoms with Gasteiger partial charge < -0.3 is 10.1 Å². The Morgan fingerprint density at radius 2 is 2.06 bits per heavy atom. The van der Waals surface area contributed by atoms with Gasteiger partial charge in [-0.2, -0.15) is 0 Å². The summed E-state index contributed by atoms with van der Waals surface area (Å²) < 4.78 is 5.08. The zero-order valence-corrected chi connectivity index (χ0v) is 10.6. The van der Waals surface area contributed by atoms with E-state index in [1.165, 1.54) is 0 Å². The molecule has 1 aliphatic rings. The fraction of sp³-hybridized carbons (Fsp3) is 0.286. The number of nitrogens with zero attached hydrogens (tertiary/aromatic N) is 1. The lowest BCUT2D eigenvalue weighted by molar-refractivity contribution is -0.115. The Balaban J connectivity index is 2.19.